The lowest BCUT2D eigenvalue weighted by molar-refractivity contribution is -0.126. The highest BCUT2D eigenvalue weighted by Gasteiger charge is 2.26. The molecule has 2 unspecified atom stereocenters. The van der Waals surface area contributed by atoms with E-state index in [2.05, 4.69) is 5.32 Å². The fourth-order valence-electron chi connectivity index (χ4n) is 3.46. The van der Waals surface area contributed by atoms with Crippen LogP contribution >= 0.6 is 0 Å². The summed E-state index contributed by atoms with van der Waals surface area (Å²) >= 11 is 0. The first-order valence-corrected chi connectivity index (χ1v) is 8.70. The highest BCUT2D eigenvalue weighted by atomic mass is 16.5. The maximum absolute atomic E-state index is 12.2. The van der Waals surface area contributed by atoms with Crippen LogP contribution in [0.4, 0.5) is 5.69 Å². The van der Waals surface area contributed by atoms with Crippen molar-refractivity contribution in [1.82, 2.24) is 5.32 Å². The Morgan fingerprint density at radius 1 is 1.33 bits per heavy atom. The Bertz CT molecular complexity index is 605. The number of fused-ring (bicyclic) bond motifs is 1. The number of nitrogens with two attached hydrogens (primary N) is 1. The minimum absolute atomic E-state index is 0.0412. The number of nitrogens with one attached hydrogen (secondary N) is 1. The molecular formula is C18H25N3O3. The summed E-state index contributed by atoms with van der Waals surface area (Å²) < 4.78 is 5.43. The number of nitrogens with zero attached hydrogens (tertiary/aromatic N) is 1. The summed E-state index contributed by atoms with van der Waals surface area (Å²) in [6.45, 7) is 1.21. The van der Waals surface area contributed by atoms with Gasteiger partial charge in [-0.15, -0.1) is 0 Å². The molecule has 1 aromatic carbocycles. The summed E-state index contributed by atoms with van der Waals surface area (Å²) in [5.41, 5.74) is 6.74. The first-order valence-electron chi connectivity index (χ1n) is 8.70. The average molecular weight is 331 g/mol. The van der Waals surface area contributed by atoms with Gasteiger partial charge in [-0.25, -0.2) is 0 Å². The molecule has 2 atom stereocenters. The fourth-order valence-corrected chi connectivity index (χ4v) is 3.46. The Morgan fingerprint density at radius 2 is 2.17 bits per heavy atom. The zero-order valence-electron chi connectivity index (χ0n) is 13.9. The molecule has 0 radical (unpaired) electrons. The highest BCUT2D eigenvalue weighted by Crippen LogP contribution is 2.31. The van der Waals surface area contributed by atoms with E-state index in [0.717, 1.165) is 37.1 Å². The monoisotopic (exact) mass is 331 g/mol. The van der Waals surface area contributed by atoms with Crippen LogP contribution in [0.2, 0.25) is 0 Å². The molecule has 0 aromatic heterocycles. The van der Waals surface area contributed by atoms with E-state index in [0.29, 0.717) is 19.5 Å². The first kappa shape index (κ1) is 16.8. The molecule has 1 aromatic rings. The molecule has 24 heavy (non-hydrogen) atoms. The largest absolute Gasteiger partial charge is 0.482 e. The molecular weight excluding hydrogens is 306 g/mol. The Kier molecular flexibility index (Phi) is 5.35. The van der Waals surface area contributed by atoms with Gasteiger partial charge in [0.1, 0.15) is 5.75 Å². The molecule has 130 valence electrons. The average Bonchev–Trinajstić information content (AvgIpc) is 2.60. The van der Waals surface area contributed by atoms with Gasteiger partial charge in [-0.2, -0.15) is 0 Å². The molecule has 0 bridgehead atoms. The third-order valence-electron chi connectivity index (χ3n) is 4.75. The Morgan fingerprint density at radius 3 is 3.00 bits per heavy atom. The predicted octanol–water partition coefficient (Wildman–Crippen LogP) is 1.44. The van der Waals surface area contributed by atoms with E-state index in [-0.39, 0.29) is 30.4 Å². The van der Waals surface area contributed by atoms with Crippen LogP contribution in [0.1, 0.15) is 32.1 Å². The van der Waals surface area contributed by atoms with Crippen LogP contribution in [0.15, 0.2) is 24.3 Å². The molecule has 1 aliphatic carbocycles. The van der Waals surface area contributed by atoms with Crippen LogP contribution in [-0.2, 0) is 9.59 Å². The maximum atomic E-state index is 12.2. The van der Waals surface area contributed by atoms with E-state index >= 15 is 0 Å². The zero-order chi connectivity index (χ0) is 16.9. The molecule has 6 nitrogen and oxygen atoms in total. The van der Waals surface area contributed by atoms with Gasteiger partial charge in [0.25, 0.3) is 5.91 Å². The normalized spacial score (nSPS) is 23.4. The quantitative estimate of drug-likeness (QED) is 0.800. The van der Waals surface area contributed by atoms with E-state index < -0.39 is 0 Å². The fraction of sp³-hybridized carbons (Fsp3) is 0.556. The lowest BCUT2D eigenvalue weighted by Gasteiger charge is -2.29. The van der Waals surface area contributed by atoms with E-state index in [9.17, 15) is 9.59 Å². The topological polar surface area (TPSA) is 84.7 Å². The van der Waals surface area contributed by atoms with Crippen LogP contribution in [0.3, 0.4) is 0 Å². The van der Waals surface area contributed by atoms with Crippen LogP contribution in [0.25, 0.3) is 0 Å². The van der Waals surface area contributed by atoms with Crippen molar-refractivity contribution in [3.8, 4) is 5.75 Å². The molecule has 1 fully saturated rings. The number of hydrogen-bond donors (Lipinski definition) is 2. The van der Waals surface area contributed by atoms with Gasteiger partial charge in [0.15, 0.2) is 6.61 Å². The Balaban J connectivity index is 1.46. The van der Waals surface area contributed by atoms with Crippen molar-refractivity contribution >= 4 is 17.5 Å². The third kappa shape index (κ3) is 3.87. The second-order valence-corrected chi connectivity index (χ2v) is 6.57. The number of hydrogen-bond acceptors (Lipinski definition) is 4. The van der Waals surface area contributed by atoms with E-state index in [4.69, 9.17) is 10.5 Å². The molecule has 2 amide bonds. The Hall–Kier alpha value is -2.08. The molecule has 3 rings (SSSR count). The molecule has 6 heteroatoms. The van der Waals surface area contributed by atoms with E-state index in [1.165, 1.54) is 0 Å². The van der Waals surface area contributed by atoms with Crippen molar-refractivity contribution in [1.29, 1.82) is 0 Å². The lowest BCUT2D eigenvalue weighted by Crippen LogP contribution is -2.41. The van der Waals surface area contributed by atoms with Gasteiger partial charge in [0.2, 0.25) is 5.91 Å². The summed E-state index contributed by atoms with van der Waals surface area (Å²) in [6, 6.07) is 7.68. The summed E-state index contributed by atoms with van der Waals surface area (Å²) in [5, 5.41) is 2.99. The van der Waals surface area contributed by atoms with Crippen LogP contribution in [0, 0.1) is 5.92 Å². The number of ether oxygens (including phenoxy) is 1. The van der Waals surface area contributed by atoms with Crippen molar-refractivity contribution < 1.29 is 14.3 Å². The SMILES string of the molecule is NC1CCCC(C(=O)NCCCN2C(=O)COc3ccccc32)C1. The van der Waals surface area contributed by atoms with Gasteiger partial charge >= 0.3 is 0 Å². The van der Waals surface area contributed by atoms with E-state index in [1.807, 2.05) is 24.3 Å². The van der Waals surface area contributed by atoms with Crippen molar-refractivity contribution in [2.45, 2.75) is 38.1 Å². The van der Waals surface area contributed by atoms with Crippen molar-refractivity contribution in [3.05, 3.63) is 24.3 Å². The molecule has 1 heterocycles. The lowest BCUT2D eigenvalue weighted by atomic mass is 9.85. The van der Waals surface area contributed by atoms with E-state index in [1.54, 1.807) is 4.90 Å². The summed E-state index contributed by atoms with van der Waals surface area (Å²) in [5.74, 6) is 0.828. The summed E-state index contributed by atoms with van der Waals surface area (Å²) in [4.78, 5) is 26.0. The van der Waals surface area contributed by atoms with Gasteiger partial charge in [0, 0.05) is 25.0 Å². The summed E-state index contributed by atoms with van der Waals surface area (Å²) in [6.07, 6.45) is 4.46. The first-order chi connectivity index (χ1) is 11.6. The molecule has 3 N–H and O–H groups in total. The van der Waals surface area contributed by atoms with Gasteiger partial charge in [-0.3, -0.25) is 9.59 Å². The Labute approximate surface area is 142 Å². The highest BCUT2D eigenvalue weighted by molar-refractivity contribution is 5.97. The standard InChI is InChI=1S/C18H25N3O3/c19-14-6-3-5-13(11-14)18(23)20-9-4-10-21-15-7-1-2-8-16(15)24-12-17(21)22/h1-2,7-8,13-14H,3-6,9-12,19H2,(H,20,23). The number of para-hydroxylation sites is 2. The molecule has 1 saturated carbocycles. The smallest absolute Gasteiger partial charge is 0.265 e. The second-order valence-electron chi connectivity index (χ2n) is 6.57. The molecule has 1 aliphatic heterocycles. The van der Waals surface area contributed by atoms with Gasteiger partial charge in [-0.1, -0.05) is 18.6 Å². The molecule has 0 saturated heterocycles. The van der Waals surface area contributed by atoms with Gasteiger partial charge in [0.05, 0.1) is 5.69 Å². The number of anilines is 1. The third-order valence-corrected chi connectivity index (χ3v) is 4.75. The number of amides is 2. The van der Waals surface area contributed by atoms with Crippen molar-refractivity contribution in [3.63, 3.8) is 0 Å². The predicted molar refractivity (Wildman–Crippen MR) is 91.9 cm³/mol. The minimum atomic E-state index is -0.0433. The molecule has 2 aliphatic rings. The van der Waals surface area contributed by atoms with Crippen molar-refractivity contribution in [2.75, 3.05) is 24.6 Å². The van der Waals surface area contributed by atoms with Gasteiger partial charge in [-0.05, 0) is 37.8 Å². The number of carbonyl (C=O) groups is 2. The second kappa shape index (κ2) is 7.66. The van der Waals surface area contributed by atoms with Crippen molar-refractivity contribution in [2.24, 2.45) is 11.7 Å². The summed E-state index contributed by atoms with van der Waals surface area (Å²) in [7, 11) is 0. The zero-order valence-corrected chi connectivity index (χ0v) is 13.9. The van der Waals surface area contributed by atoms with Crippen LogP contribution in [-0.4, -0.2) is 37.6 Å². The van der Waals surface area contributed by atoms with Crippen LogP contribution < -0.4 is 20.7 Å². The minimum Gasteiger partial charge on any atom is -0.482 e. The number of rotatable bonds is 5. The number of carbonyl (C=O) groups excluding carboxylic acids is 2. The van der Waals surface area contributed by atoms with Crippen LogP contribution in [0.5, 0.6) is 5.75 Å². The number of benzene rings is 1. The molecule has 0 spiro atoms. The maximum Gasteiger partial charge on any atom is 0.265 e. The van der Waals surface area contributed by atoms with Gasteiger partial charge < -0.3 is 20.7 Å².